The minimum atomic E-state index is 0.490. The molecule has 20 heavy (non-hydrogen) atoms. The van der Waals surface area contributed by atoms with Crippen LogP contribution >= 0.6 is 0 Å². The van der Waals surface area contributed by atoms with Crippen LogP contribution in [0.1, 0.15) is 31.4 Å². The Labute approximate surface area is 120 Å². The number of anilines is 1. The Morgan fingerprint density at radius 2 is 2.20 bits per heavy atom. The molecule has 1 aliphatic heterocycles. The lowest BCUT2D eigenvalue weighted by Crippen LogP contribution is -2.39. The van der Waals surface area contributed by atoms with Crippen molar-refractivity contribution in [3.63, 3.8) is 0 Å². The molecule has 5 heteroatoms. The highest BCUT2D eigenvalue weighted by Gasteiger charge is 2.35. The topological polar surface area (TPSA) is 50.3 Å². The molecule has 2 atom stereocenters. The molecule has 0 unspecified atom stereocenters. The zero-order chi connectivity index (χ0) is 13.9. The van der Waals surface area contributed by atoms with Crippen LogP contribution < -0.4 is 10.2 Å². The first-order valence-corrected chi connectivity index (χ1v) is 7.56. The van der Waals surface area contributed by atoms with Gasteiger partial charge in [-0.3, -0.25) is 0 Å². The van der Waals surface area contributed by atoms with Gasteiger partial charge in [-0.1, -0.05) is 0 Å². The van der Waals surface area contributed by atoms with E-state index in [1.54, 1.807) is 0 Å². The average molecular weight is 276 g/mol. The van der Waals surface area contributed by atoms with Crippen molar-refractivity contribution in [2.24, 2.45) is 5.92 Å². The van der Waals surface area contributed by atoms with E-state index in [0.717, 1.165) is 43.6 Å². The van der Waals surface area contributed by atoms with Crippen molar-refractivity contribution in [2.45, 2.75) is 44.4 Å². The molecule has 110 valence electrons. The fourth-order valence-corrected chi connectivity index (χ4v) is 2.76. The molecule has 0 bridgehead atoms. The number of hydrogen-bond donors (Lipinski definition) is 1. The molecule has 2 aliphatic rings. The first-order valence-electron chi connectivity index (χ1n) is 7.56. The predicted octanol–water partition coefficient (Wildman–Crippen LogP) is 1.59. The van der Waals surface area contributed by atoms with Gasteiger partial charge in [0, 0.05) is 39.5 Å². The van der Waals surface area contributed by atoms with Crippen LogP contribution in [-0.4, -0.2) is 42.8 Å². The van der Waals surface area contributed by atoms with Crippen molar-refractivity contribution < 1.29 is 4.74 Å². The molecule has 2 fully saturated rings. The van der Waals surface area contributed by atoms with Crippen molar-refractivity contribution in [1.29, 1.82) is 0 Å². The minimum Gasteiger partial charge on any atom is -0.378 e. The van der Waals surface area contributed by atoms with Gasteiger partial charge in [0.05, 0.1) is 11.8 Å². The summed E-state index contributed by atoms with van der Waals surface area (Å²) in [5.41, 5.74) is 1.05. The Bertz CT molecular complexity index is 447. The second-order valence-corrected chi connectivity index (χ2v) is 6.09. The van der Waals surface area contributed by atoms with Crippen LogP contribution in [0.5, 0.6) is 0 Å². The van der Waals surface area contributed by atoms with Crippen molar-refractivity contribution in [3.8, 4) is 0 Å². The van der Waals surface area contributed by atoms with E-state index in [9.17, 15) is 0 Å². The zero-order valence-electron chi connectivity index (χ0n) is 12.4. The maximum Gasteiger partial charge on any atom is 0.225 e. The molecule has 1 N–H and O–H groups in total. The Balaban J connectivity index is 1.52. The Morgan fingerprint density at radius 3 is 2.95 bits per heavy atom. The molecular weight excluding hydrogens is 252 g/mol. The fourth-order valence-electron chi connectivity index (χ4n) is 2.76. The highest BCUT2D eigenvalue weighted by molar-refractivity contribution is 5.27. The molecule has 1 saturated carbocycles. The Morgan fingerprint density at radius 1 is 1.35 bits per heavy atom. The van der Waals surface area contributed by atoms with Crippen molar-refractivity contribution in [1.82, 2.24) is 15.3 Å². The molecule has 1 aromatic heterocycles. The maximum absolute atomic E-state index is 5.86. The van der Waals surface area contributed by atoms with Gasteiger partial charge in [0.2, 0.25) is 5.95 Å². The van der Waals surface area contributed by atoms with Crippen LogP contribution in [0.3, 0.4) is 0 Å². The molecule has 1 saturated heterocycles. The molecule has 1 aromatic rings. The molecule has 3 rings (SSSR count). The summed E-state index contributed by atoms with van der Waals surface area (Å²) in [4.78, 5) is 10.7. The van der Waals surface area contributed by atoms with E-state index in [1.165, 1.54) is 12.8 Å². The summed E-state index contributed by atoms with van der Waals surface area (Å²) in [6.07, 6.45) is 7.29. The summed E-state index contributed by atoms with van der Waals surface area (Å²) in [5.74, 6) is 1.60. The summed E-state index contributed by atoms with van der Waals surface area (Å²) >= 11 is 0. The van der Waals surface area contributed by atoms with Gasteiger partial charge in [-0.05, 0) is 37.7 Å². The van der Waals surface area contributed by atoms with Gasteiger partial charge in [0.1, 0.15) is 0 Å². The highest BCUT2D eigenvalue weighted by atomic mass is 16.5. The summed E-state index contributed by atoms with van der Waals surface area (Å²) in [6, 6.07) is 2.55. The number of hydrogen-bond acceptors (Lipinski definition) is 5. The van der Waals surface area contributed by atoms with Crippen molar-refractivity contribution in [2.75, 3.05) is 25.6 Å². The van der Waals surface area contributed by atoms with Crippen LogP contribution in [0.2, 0.25) is 0 Å². The van der Waals surface area contributed by atoms with Gasteiger partial charge >= 0.3 is 0 Å². The lowest BCUT2D eigenvalue weighted by atomic mass is 10.00. The van der Waals surface area contributed by atoms with E-state index in [4.69, 9.17) is 4.74 Å². The summed E-state index contributed by atoms with van der Waals surface area (Å²) in [6.45, 7) is 1.71. The SMILES string of the molecule is CN(C)c1nccc(CN[C@@H]2CCO[C@@H](C3CC3)C2)n1. The minimum absolute atomic E-state index is 0.490. The first kappa shape index (κ1) is 13.8. The van der Waals surface area contributed by atoms with Gasteiger partial charge < -0.3 is 15.0 Å². The predicted molar refractivity (Wildman–Crippen MR) is 78.7 cm³/mol. The largest absolute Gasteiger partial charge is 0.378 e. The van der Waals surface area contributed by atoms with Crippen LogP contribution in [-0.2, 0) is 11.3 Å². The molecule has 5 nitrogen and oxygen atoms in total. The van der Waals surface area contributed by atoms with Crippen LogP contribution in [0.4, 0.5) is 5.95 Å². The van der Waals surface area contributed by atoms with Gasteiger partial charge in [-0.15, -0.1) is 0 Å². The quantitative estimate of drug-likeness (QED) is 0.885. The van der Waals surface area contributed by atoms with Crippen molar-refractivity contribution in [3.05, 3.63) is 18.0 Å². The van der Waals surface area contributed by atoms with Gasteiger partial charge in [-0.25, -0.2) is 9.97 Å². The third kappa shape index (κ3) is 3.46. The van der Waals surface area contributed by atoms with E-state index in [1.807, 2.05) is 31.3 Å². The van der Waals surface area contributed by atoms with Gasteiger partial charge in [-0.2, -0.15) is 0 Å². The Kier molecular flexibility index (Phi) is 4.17. The van der Waals surface area contributed by atoms with E-state index in [2.05, 4.69) is 15.3 Å². The van der Waals surface area contributed by atoms with Gasteiger partial charge in [0.25, 0.3) is 0 Å². The highest BCUT2D eigenvalue weighted by Crippen LogP contribution is 2.38. The number of rotatable bonds is 5. The lowest BCUT2D eigenvalue weighted by Gasteiger charge is -2.30. The van der Waals surface area contributed by atoms with Crippen LogP contribution in [0.15, 0.2) is 12.3 Å². The second kappa shape index (κ2) is 6.06. The number of aromatic nitrogens is 2. The molecule has 0 radical (unpaired) electrons. The summed E-state index contributed by atoms with van der Waals surface area (Å²) < 4.78 is 5.86. The lowest BCUT2D eigenvalue weighted by molar-refractivity contribution is -0.0113. The standard InChI is InChI=1S/C15H24N4O/c1-19(2)15-16-7-5-13(18-15)10-17-12-6-8-20-14(9-12)11-3-4-11/h5,7,11-12,14,17H,3-4,6,8-10H2,1-2H3/t12-,14-/m1/s1. The average Bonchev–Trinajstić information content (AvgIpc) is 3.30. The smallest absolute Gasteiger partial charge is 0.225 e. The number of nitrogens with zero attached hydrogens (tertiary/aromatic N) is 3. The number of nitrogens with one attached hydrogen (secondary N) is 1. The summed E-state index contributed by atoms with van der Waals surface area (Å²) in [7, 11) is 3.93. The zero-order valence-corrected chi connectivity index (χ0v) is 12.4. The van der Waals surface area contributed by atoms with E-state index < -0.39 is 0 Å². The van der Waals surface area contributed by atoms with E-state index in [-0.39, 0.29) is 0 Å². The van der Waals surface area contributed by atoms with E-state index in [0.29, 0.717) is 12.1 Å². The molecule has 0 aromatic carbocycles. The summed E-state index contributed by atoms with van der Waals surface area (Å²) in [5, 5.41) is 3.63. The van der Waals surface area contributed by atoms with Gasteiger partial charge in [0.15, 0.2) is 0 Å². The fraction of sp³-hybridized carbons (Fsp3) is 0.733. The molecule has 1 aliphatic carbocycles. The van der Waals surface area contributed by atoms with Crippen LogP contribution in [0.25, 0.3) is 0 Å². The normalized spacial score (nSPS) is 26.5. The van der Waals surface area contributed by atoms with Crippen molar-refractivity contribution >= 4 is 5.95 Å². The first-order chi connectivity index (χ1) is 9.72. The molecule has 0 spiro atoms. The Hall–Kier alpha value is -1.20. The third-order valence-corrected chi connectivity index (χ3v) is 4.14. The third-order valence-electron chi connectivity index (χ3n) is 4.14. The van der Waals surface area contributed by atoms with Crippen LogP contribution in [0, 0.1) is 5.92 Å². The monoisotopic (exact) mass is 276 g/mol. The molecule has 2 heterocycles. The molecular formula is C15H24N4O. The van der Waals surface area contributed by atoms with E-state index >= 15 is 0 Å². The second-order valence-electron chi connectivity index (χ2n) is 6.09. The maximum atomic E-state index is 5.86. The number of ether oxygens (including phenoxy) is 1. The molecule has 0 amide bonds.